The van der Waals surface area contributed by atoms with Gasteiger partial charge in [-0.15, -0.1) is 0 Å². The molecule has 13 nitrogen and oxygen atoms in total. The molecule has 39 heavy (non-hydrogen) atoms. The Morgan fingerprint density at radius 2 is 1.97 bits per heavy atom. The quantitative estimate of drug-likeness (QED) is 0.148. The van der Waals surface area contributed by atoms with Gasteiger partial charge in [0.1, 0.15) is 29.5 Å². The highest BCUT2D eigenvalue weighted by Crippen LogP contribution is 2.50. The first kappa shape index (κ1) is 29.7. The average molecular weight is 620 g/mol. The first-order valence-corrected chi connectivity index (χ1v) is 15.1. The molecule has 0 radical (unpaired) electrons. The number of carbonyl (C=O) groups is 1. The first-order chi connectivity index (χ1) is 18.3. The molecule has 1 aromatic carbocycles. The summed E-state index contributed by atoms with van der Waals surface area (Å²) in [5.74, 6) is -0.165. The topological polar surface area (TPSA) is 182 Å². The molecule has 0 unspecified atom stereocenters. The van der Waals surface area contributed by atoms with E-state index < -0.39 is 41.4 Å². The number of imidazole rings is 1. The summed E-state index contributed by atoms with van der Waals surface area (Å²) in [6.07, 6.45) is -2.65. The van der Waals surface area contributed by atoms with Crippen LogP contribution >= 0.6 is 29.8 Å². The summed E-state index contributed by atoms with van der Waals surface area (Å²) in [7, 11) is 0. The van der Waals surface area contributed by atoms with Crippen LogP contribution in [0.15, 0.2) is 36.7 Å². The van der Waals surface area contributed by atoms with Crippen LogP contribution in [0.5, 0.6) is 5.75 Å². The molecule has 0 aliphatic carbocycles. The highest BCUT2D eigenvalue weighted by atomic mass is 35.5. The number of para-hydroxylation sites is 1. The Hall–Kier alpha value is -2.29. The third kappa shape index (κ3) is 6.55. The number of nitrogens with one attached hydrogen (secondary N) is 1. The number of anilines is 2. The second-order valence-electron chi connectivity index (χ2n) is 8.97. The van der Waals surface area contributed by atoms with Gasteiger partial charge in [-0.05, 0) is 44.7 Å². The van der Waals surface area contributed by atoms with Gasteiger partial charge in [0.05, 0.1) is 19.0 Å². The Kier molecular flexibility index (Phi) is 8.89. The second-order valence-corrected chi connectivity index (χ2v) is 13.6. The number of fused-ring (bicyclic) bond motifs is 1. The van der Waals surface area contributed by atoms with Crippen LogP contribution in [0.2, 0.25) is 0 Å². The van der Waals surface area contributed by atoms with Crippen molar-refractivity contribution in [3.05, 3.63) is 36.7 Å². The van der Waals surface area contributed by atoms with Crippen molar-refractivity contribution in [2.45, 2.75) is 55.7 Å². The smallest absolute Gasteiger partial charge is 0.323 e. The Bertz CT molecular complexity index is 1380. The lowest BCUT2D eigenvalue weighted by atomic mass is 10.2. The molecule has 0 amide bonds. The van der Waals surface area contributed by atoms with E-state index in [1.165, 1.54) is 10.9 Å². The summed E-state index contributed by atoms with van der Waals surface area (Å²) in [6.45, 7) is 1.33. The van der Waals surface area contributed by atoms with Gasteiger partial charge in [-0.25, -0.2) is 10.1 Å². The molecule has 1 fully saturated rings. The van der Waals surface area contributed by atoms with Crippen LogP contribution in [-0.2, 0) is 30.6 Å². The zero-order chi connectivity index (χ0) is 28.5. The standard InChI is InChI=1S/C22H28Cl2N7O6PS/c1-11(2)35-19(33)12(3)30-38(39,37-13-7-5-4-6-8-13)34-9-14-16(32)22(23,24)20(36-14)31-10-27-15-17(25)28-21(26)29-18(15)31/h4-8,10-12,14,16,20,32H,9H2,1-3H3,(H,30,39)(H4,25,26,28,29)/t12-,14+,16+,20+,38-/m0/s1. The van der Waals surface area contributed by atoms with E-state index in [1.807, 2.05) is 6.07 Å². The van der Waals surface area contributed by atoms with Crippen molar-refractivity contribution in [2.24, 2.45) is 0 Å². The van der Waals surface area contributed by atoms with Crippen molar-refractivity contribution in [3.8, 4) is 5.75 Å². The monoisotopic (exact) mass is 619 g/mol. The fourth-order valence-corrected chi connectivity index (χ4v) is 6.75. The third-order valence-corrected chi connectivity index (χ3v) is 8.85. The fourth-order valence-electron chi connectivity index (χ4n) is 3.74. The summed E-state index contributed by atoms with van der Waals surface area (Å²) >= 11 is 18.8. The number of carbonyl (C=O) groups excluding carboxylic acids is 1. The van der Waals surface area contributed by atoms with Crippen molar-refractivity contribution in [2.75, 3.05) is 18.1 Å². The zero-order valence-corrected chi connectivity index (χ0v) is 24.3. The molecule has 0 bridgehead atoms. The number of aliphatic hydroxyl groups excluding tert-OH is 1. The molecule has 1 saturated heterocycles. The first-order valence-electron chi connectivity index (χ1n) is 11.7. The number of alkyl halides is 2. The van der Waals surface area contributed by atoms with E-state index >= 15 is 0 Å². The lowest BCUT2D eigenvalue weighted by Gasteiger charge is -2.28. The number of nitrogen functional groups attached to an aromatic ring is 2. The highest BCUT2D eigenvalue weighted by Gasteiger charge is 2.56. The second kappa shape index (κ2) is 11.7. The van der Waals surface area contributed by atoms with Crippen LogP contribution < -0.4 is 21.1 Å². The van der Waals surface area contributed by atoms with E-state index in [9.17, 15) is 9.90 Å². The predicted molar refractivity (Wildman–Crippen MR) is 150 cm³/mol. The summed E-state index contributed by atoms with van der Waals surface area (Å²) in [6, 6.07) is 7.83. The molecule has 0 saturated carbocycles. The van der Waals surface area contributed by atoms with Crippen molar-refractivity contribution in [1.82, 2.24) is 24.6 Å². The van der Waals surface area contributed by atoms with Crippen molar-refractivity contribution in [1.29, 1.82) is 0 Å². The van der Waals surface area contributed by atoms with E-state index in [0.29, 0.717) is 5.75 Å². The lowest BCUT2D eigenvalue weighted by molar-refractivity contribution is -0.149. The van der Waals surface area contributed by atoms with Gasteiger partial charge < -0.3 is 35.1 Å². The van der Waals surface area contributed by atoms with Gasteiger partial charge >= 0.3 is 12.6 Å². The summed E-state index contributed by atoms with van der Waals surface area (Å²) in [5.41, 5.74) is 12.1. The molecule has 1 aliphatic heterocycles. The minimum atomic E-state index is -3.42. The molecule has 2 aromatic heterocycles. The predicted octanol–water partition coefficient (Wildman–Crippen LogP) is 2.67. The average Bonchev–Trinajstić information content (AvgIpc) is 3.36. The van der Waals surface area contributed by atoms with Crippen LogP contribution in [0.1, 0.15) is 27.0 Å². The summed E-state index contributed by atoms with van der Waals surface area (Å²) in [4.78, 5) is 24.7. The molecular weight excluding hydrogens is 592 g/mol. The number of aromatic nitrogens is 4. The molecule has 1 aliphatic rings. The van der Waals surface area contributed by atoms with Crippen LogP contribution in [0.4, 0.5) is 11.8 Å². The Morgan fingerprint density at radius 1 is 1.28 bits per heavy atom. The number of esters is 1. The van der Waals surface area contributed by atoms with Gasteiger partial charge in [0.25, 0.3) is 0 Å². The normalized spacial score (nSPS) is 23.0. The van der Waals surface area contributed by atoms with Crippen molar-refractivity contribution < 1.29 is 28.4 Å². The lowest BCUT2D eigenvalue weighted by Crippen LogP contribution is -2.39. The molecular formula is C22H28Cl2N7O6PS. The Labute approximate surface area is 239 Å². The Morgan fingerprint density at radius 3 is 2.64 bits per heavy atom. The SMILES string of the molecule is CC(C)OC(=O)[C@H](C)N[P@](=S)(OC[C@H]1O[C@@H](n2cnc3c(N)nc(N)nc32)C(Cl)(Cl)[C@@H]1O)Oc1ccccc1. The number of nitrogens with two attached hydrogens (primary N) is 2. The van der Waals surface area contributed by atoms with E-state index in [4.69, 9.17) is 65.0 Å². The van der Waals surface area contributed by atoms with Crippen molar-refractivity contribution in [3.63, 3.8) is 0 Å². The molecule has 212 valence electrons. The number of aliphatic hydroxyl groups is 1. The van der Waals surface area contributed by atoms with E-state index in [1.54, 1.807) is 45.0 Å². The number of halogens is 2. The highest BCUT2D eigenvalue weighted by molar-refractivity contribution is 8.09. The van der Waals surface area contributed by atoms with Crippen LogP contribution in [0.25, 0.3) is 11.2 Å². The number of hydrogen-bond acceptors (Lipinski definition) is 12. The fraction of sp³-hybridized carbons (Fsp3) is 0.455. The summed E-state index contributed by atoms with van der Waals surface area (Å²) in [5, 5.41) is 13.9. The minimum Gasteiger partial charge on any atom is -0.462 e. The number of benzene rings is 1. The van der Waals surface area contributed by atoms with E-state index in [2.05, 4.69) is 20.0 Å². The maximum Gasteiger partial charge on any atom is 0.323 e. The molecule has 4 rings (SSSR count). The maximum atomic E-state index is 12.4. The van der Waals surface area contributed by atoms with Crippen LogP contribution in [0, 0.1) is 0 Å². The Balaban J connectivity index is 1.55. The number of rotatable bonds is 10. The number of hydrogen-bond donors (Lipinski definition) is 4. The minimum absolute atomic E-state index is 0.0550. The molecule has 3 heterocycles. The van der Waals surface area contributed by atoms with Gasteiger partial charge in [0, 0.05) is 0 Å². The largest absolute Gasteiger partial charge is 0.462 e. The van der Waals surface area contributed by atoms with Crippen molar-refractivity contribution >= 4 is 70.6 Å². The molecule has 5 atom stereocenters. The maximum absolute atomic E-state index is 12.4. The van der Waals surface area contributed by atoms with Gasteiger partial charge in [-0.1, -0.05) is 41.4 Å². The van der Waals surface area contributed by atoms with E-state index in [-0.39, 0.29) is 35.6 Å². The van der Waals surface area contributed by atoms with Gasteiger partial charge in [-0.3, -0.25) is 9.36 Å². The molecule has 6 N–H and O–H groups in total. The zero-order valence-electron chi connectivity index (χ0n) is 21.1. The number of nitrogens with zero attached hydrogens (tertiary/aromatic N) is 4. The van der Waals surface area contributed by atoms with Gasteiger partial charge in [0.2, 0.25) is 5.95 Å². The molecule has 17 heteroatoms. The summed E-state index contributed by atoms with van der Waals surface area (Å²) < 4.78 is 22.8. The molecule has 3 aromatic rings. The van der Waals surface area contributed by atoms with E-state index in [0.717, 1.165) is 0 Å². The van der Waals surface area contributed by atoms with Gasteiger partial charge in [0.15, 0.2) is 22.0 Å². The van der Waals surface area contributed by atoms with Crippen LogP contribution in [-0.4, -0.2) is 65.9 Å². The van der Waals surface area contributed by atoms with Gasteiger partial charge in [-0.2, -0.15) is 9.97 Å². The number of ether oxygens (including phenoxy) is 2. The molecule has 0 spiro atoms. The van der Waals surface area contributed by atoms with Crippen LogP contribution in [0.3, 0.4) is 0 Å². The third-order valence-electron chi connectivity index (χ3n) is 5.53.